The zero-order chi connectivity index (χ0) is 12.3. The lowest BCUT2D eigenvalue weighted by atomic mass is 10.1. The molecule has 2 rings (SSSR count). The lowest BCUT2D eigenvalue weighted by Crippen LogP contribution is -1.93. The van der Waals surface area contributed by atoms with Crippen molar-refractivity contribution in [2.75, 3.05) is 14.2 Å². The van der Waals surface area contributed by atoms with Gasteiger partial charge < -0.3 is 9.47 Å². The van der Waals surface area contributed by atoms with Crippen LogP contribution in [-0.4, -0.2) is 14.2 Å². The minimum Gasteiger partial charge on any atom is -0.497 e. The molecule has 1 aromatic carbocycles. The Hall–Kier alpha value is -1.19. The number of ether oxygens (including phenoxy) is 2. The van der Waals surface area contributed by atoms with Gasteiger partial charge in [0.1, 0.15) is 11.5 Å². The molecule has 90 valence electrons. The van der Waals surface area contributed by atoms with E-state index in [1.807, 2.05) is 35.7 Å². The highest BCUT2D eigenvalue weighted by Crippen LogP contribution is 2.39. The molecule has 0 N–H and O–H groups in total. The number of halogens is 1. The Morgan fingerprint density at radius 1 is 1.06 bits per heavy atom. The molecule has 4 heteroatoms. The van der Waals surface area contributed by atoms with E-state index in [4.69, 9.17) is 21.1 Å². The molecule has 0 bridgehead atoms. The predicted octanol–water partition coefficient (Wildman–Crippen LogP) is 4.09. The quantitative estimate of drug-likeness (QED) is 0.778. The minimum absolute atomic E-state index is 0.184. The van der Waals surface area contributed by atoms with Crippen LogP contribution in [0.1, 0.15) is 15.8 Å². The second-order valence-electron chi connectivity index (χ2n) is 3.49. The molecule has 0 fully saturated rings. The Labute approximate surface area is 110 Å². The minimum atomic E-state index is -0.184. The molecule has 0 aliphatic carbocycles. The second kappa shape index (κ2) is 5.43. The van der Waals surface area contributed by atoms with Crippen LogP contribution in [0.2, 0.25) is 0 Å². The fourth-order valence-corrected chi connectivity index (χ4v) is 2.86. The molecule has 0 radical (unpaired) electrons. The molecule has 0 saturated heterocycles. The number of thiophene rings is 1. The summed E-state index contributed by atoms with van der Waals surface area (Å²) in [5.41, 5.74) is 1.04. The first-order valence-corrected chi connectivity index (χ1v) is 6.47. The first-order valence-electron chi connectivity index (χ1n) is 5.15. The number of benzene rings is 1. The first kappa shape index (κ1) is 12.3. The van der Waals surface area contributed by atoms with E-state index < -0.39 is 0 Å². The smallest absolute Gasteiger partial charge is 0.134 e. The molecule has 1 unspecified atom stereocenters. The molecule has 1 aromatic heterocycles. The molecule has 0 saturated carbocycles. The molecule has 17 heavy (non-hydrogen) atoms. The molecule has 2 nitrogen and oxygen atoms in total. The molecule has 0 spiro atoms. The molecule has 1 atom stereocenters. The van der Waals surface area contributed by atoms with Crippen molar-refractivity contribution in [2.24, 2.45) is 0 Å². The van der Waals surface area contributed by atoms with Crippen molar-refractivity contribution in [1.29, 1.82) is 0 Å². The van der Waals surface area contributed by atoms with Crippen molar-refractivity contribution in [3.05, 3.63) is 46.2 Å². The number of rotatable bonds is 4. The lowest BCUT2D eigenvalue weighted by molar-refractivity contribution is 0.412. The van der Waals surface area contributed by atoms with Crippen molar-refractivity contribution in [3.8, 4) is 11.5 Å². The molecule has 0 amide bonds. The van der Waals surface area contributed by atoms with Crippen LogP contribution in [0.5, 0.6) is 11.5 Å². The summed E-state index contributed by atoms with van der Waals surface area (Å²) >= 11 is 8.04. The molecular weight excluding hydrogens is 256 g/mol. The number of methoxy groups -OCH3 is 2. The van der Waals surface area contributed by atoms with Crippen LogP contribution in [0.3, 0.4) is 0 Å². The molecule has 1 heterocycles. The van der Waals surface area contributed by atoms with Crippen LogP contribution in [0.25, 0.3) is 0 Å². The third-order valence-electron chi connectivity index (χ3n) is 2.52. The maximum absolute atomic E-state index is 6.44. The first-order chi connectivity index (χ1) is 8.26. The van der Waals surface area contributed by atoms with Crippen molar-refractivity contribution < 1.29 is 9.47 Å². The third kappa shape index (κ3) is 2.56. The average Bonchev–Trinajstić information content (AvgIpc) is 2.86. The average molecular weight is 269 g/mol. The summed E-state index contributed by atoms with van der Waals surface area (Å²) in [4.78, 5) is 1.03. The van der Waals surface area contributed by atoms with Crippen LogP contribution < -0.4 is 9.47 Å². The van der Waals surface area contributed by atoms with Gasteiger partial charge in [-0.15, -0.1) is 22.9 Å². The van der Waals surface area contributed by atoms with Crippen LogP contribution in [0, 0.1) is 0 Å². The fourth-order valence-electron chi connectivity index (χ4n) is 1.59. The summed E-state index contributed by atoms with van der Waals surface area (Å²) in [7, 11) is 3.30. The van der Waals surface area contributed by atoms with E-state index in [0.29, 0.717) is 0 Å². The Morgan fingerprint density at radius 2 is 1.76 bits per heavy atom. The van der Waals surface area contributed by atoms with E-state index >= 15 is 0 Å². The lowest BCUT2D eigenvalue weighted by Gasteiger charge is -2.10. The van der Waals surface area contributed by atoms with E-state index in [-0.39, 0.29) is 5.38 Å². The molecule has 0 aliphatic heterocycles. The number of hydrogen-bond acceptors (Lipinski definition) is 3. The van der Waals surface area contributed by atoms with E-state index in [1.165, 1.54) is 0 Å². The maximum Gasteiger partial charge on any atom is 0.134 e. The zero-order valence-electron chi connectivity index (χ0n) is 9.64. The van der Waals surface area contributed by atoms with Gasteiger partial charge in [-0.05, 0) is 29.1 Å². The summed E-state index contributed by atoms with van der Waals surface area (Å²) < 4.78 is 10.4. The second-order valence-corrected chi connectivity index (χ2v) is 4.87. The van der Waals surface area contributed by atoms with Crippen LogP contribution in [0.4, 0.5) is 0 Å². The Bertz CT molecular complexity index is 478. The van der Waals surface area contributed by atoms with Gasteiger partial charge in [0.05, 0.1) is 24.5 Å². The van der Waals surface area contributed by atoms with Crippen molar-refractivity contribution in [3.63, 3.8) is 0 Å². The standard InChI is InChI=1S/C13H13ClO2S/c1-15-10-5-3-9(4-6-10)12(14)13-11(16-2)7-8-17-13/h3-8,12H,1-2H3. The van der Waals surface area contributed by atoms with Gasteiger partial charge in [0, 0.05) is 0 Å². The number of alkyl halides is 1. The van der Waals surface area contributed by atoms with Crippen molar-refractivity contribution in [1.82, 2.24) is 0 Å². The Morgan fingerprint density at radius 3 is 2.35 bits per heavy atom. The van der Waals surface area contributed by atoms with Crippen LogP contribution in [-0.2, 0) is 0 Å². The molecule has 0 aliphatic rings. The Kier molecular flexibility index (Phi) is 3.92. The van der Waals surface area contributed by atoms with Crippen LogP contribution >= 0.6 is 22.9 Å². The predicted molar refractivity (Wildman–Crippen MR) is 71.6 cm³/mol. The van der Waals surface area contributed by atoms with E-state index in [9.17, 15) is 0 Å². The van der Waals surface area contributed by atoms with Crippen molar-refractivity contribution in [2.45, 2.75) is 5.38 Å². The van der Waals surface area contributed by atoms with Crippen molar-refractivity contribution >= 4 is 22.9 Å². The molecular formula is C13H13ClO2S. The monoisotopic (exact) mass is 268 g/mol. The summed E-state index contributed by atoms with van der Waals surface area (Å²) in [5.74, 6) is 1.67. The van der Waals surface area contributed by atoms with Gasteiger partial charge in [-0.2, -0.15) is 0 Å². The zero-order valence-corrected chi connectivity index (χ0v) is 11.2. The van der Waals surface area contributed by atoms with Gasteiger partial charge in [0.15, 0.2) is 0 Å². The fraction of sp³-hybridized carbons (Fsp3) is 0.231. The summed E-state index contributed by atoms with van der Waals surface area (Å²) in [6.45, 7) is 0. The van der Waals surface area contributed by atoms with Gasteiger partial charge in [-0.1, -0.05) is 12.1 Å². The van der Waals surface area contributed by atoms with E-state index in [2.05, 4.69) is 0 Å². The van der Waals surface area contributed by atoms with Crippen LogP contribution in [0.15, 0.2) is 35.7 Å². The number of hydrogen-bond donors (Lipinski definition) is 0. The van der Waals surface area contributed by atoms with E-state index in [1.54, 1.807) is 25.6 Å². The largest absolute Gasteiger partial charge is 0.497 e. The highest BCUT2D eigenvalue weighted by Gasteiger charge is 2.17. The Balaban J connectivity index is 2.27. The van der Waals surface area contributed by atoms with Gasteiger partial charge in [-0.3, -0.25) is 0 Å². The van der Waals surface area contributed by atoms with Gasteiger partial charge in [0.2, 0.25) is 0 Å². The third-order valence-corrected chi connectivity index (χ3v) is 4.08. The van der Waals surface area contributed by atoms with Gasteiger partial charge in [0.25, 0.3) is 0 Å². The summed E-state index contributed by atoms with van der Waals surface area (Å²) in [6.07, 6.45) is 0. The summed E-state index contributed by atoms with van der Waals surface area (Å²) in [6, 6.07) is 9.68. The highest BCUT2D eigenvalue weighted by atomic mass is 35.5. The van der Waals surface area contributed by atoms with Gasteiger partial charge in [-0.25, -0.2) is 0 Å². The normalized spacial score (nSPS) is 12.2. The van der Waals surface area contributed by atoms with Gasteiger partial charge >= 0.3 is 0 Å². The SMILES string of the molecule is COc1ccc(C(Cl)c2sccc2OC)cc1. The summed E-state index contributed by atoms with van der Waals surface area (Å²) in [5, 5.41) is 1.79. The molecule has 2 aromatic rings. The maximum atomic E-state index is 6.44. The van der Waals surface area contributed by atoms with E-state index in [0.717, 1.165) is 21.9 Å². The topological polar surface area (TPSA) is 18.5 Å². The highest BCUT2D eigenvalue weighted by molar-refractivity contribution is 7.10.